The van der Waals surface area contributed by atoms with Crippen LogP contribution in [0.15, 0.2) is 72.8 Å². The van der Waals surface area contributed by atoms with Gasteiger partial charge in [0.1, 0.15) is 18.1 Å². The minimum absolute atomic E-state index is 0.360. The van der Waals surface area contributed by atoms with Crippen molar-refractivity contribution in [3.05, 3.63) is 105 Å². The lowest BCUT2D eigenvalue weighted by atomic mass is 9.64. The Morgan fingerprint density at radius 2 is 1.61 bits per heavy atom. The normalized spacial score (nSPS) is 23.4. The Balaban J connectivity index is 1.88. The summed E-state index contributed by atoms with van der Waals surface area (Å²) < 4.78 is 5.42. The quantitative estimate of drug-likeness (QED) is 0.337. The van der Waals surface area contributed by atoms with Gasteiger partial charge in [-0.3, -0.25) is 14.9 Å². The Hall–Kier alpha value is -3.12. The molecule has 0 aliphatic carbocycles. The van der Waals surface area contributed by atoms with Crippen LogP contribution in [0.25, 0.3) is 0 Å². The number of hydrogen-bond donors (Lipinski definition) is 3. The van der Waals surface area contributed by atoms with Crippen LogP contribution in [-0.2, 0) is 19.7 Å². The highest BCUT2D eigenvalue weighted by atomic mass is 35.5. The molecule has 1 heterocycles. The highest BCUT2D eigenvalue weighted by Crippen LogP contribution is 2.55. The molecule has 7 nitrogen and oxygen atoms in total. The van der Waals surface area contributed by atoms with Crippen LogP contribution in [-0.4, -0.2) is 35.7 Å². The molecule has 10 heteroatoms. The van der Waals surface area contributed by atoms with Gasteiger partial charge in [-0.05, 0) is 53.1 Å². The van der Waals surface area contributed by atoms with Crippen molar-refractivity contribution < 1.29 is 19.4 Å². The number of nitrogens with two attached hydrogens (primary N) is 1. The van der Waals surface area contributed by atoms with Gasteiger partial charge in [-0.15, -0.1) is 0 Å². The molecule has 0 saturated carbocycles. The van der Waals surface area contributed by atoms with Crippen molar-refractivity contribution in [1.82, 2.24) is 5.32 Å². The van der Waals surface area contributed by atoms with Gasteiger partial charge in [-0.25, -0.2) is 0 Å². The molecule has 1 saturated heterocycles. The monoisotopic (exact) mass is 571 g/mol. The van der Waals surface area contributed by atoms with Crippen LogP contribution in [0.4, 0.5) is 0 Å². The number of esters is 1. The van der Waals surface area contributed by atoms with Crippen LogP contribution in [0.3, 0.4) is 0 Å². The number of aliphatic hydroxyl groups excluding tert-OH is 1. The summed E-state index contributed by atoms with van der Waals surface area (Å²) in [5.41, 5.74) is 5.74. The van der Waals surface area contributed by atoms with Gasteiger partial charge in [-0.2, -0.15) is 5.26 Å². The average Bonchev–Trinajstić information content (AvgIpc) is 3.24. The Labute approximate surface area is 235 Å². The number of halogens is 3. The molecule has 0 spiro atoms. The van der Waals surface area contributed by atoms with Gasteiger partial charge in [0.2, 0.25) is 5.91 Å². The maximum Gasteiger partial charge on any atom is 0.323 e. The van der Waals surface area contributed by atoms with E-state index in [1.54, 1.807) is 66.7 Å². The molecule has 196 valence electrons. The van der Waals surface area contributed by atoms with E-state index in [4.69, 9.17) is 45.3 Å². The van der Waals surface area contributed by atoms with Crippen LogP contribution in [0, 0.1) is 11.3 Å². The van der Waals surface area contributed by atoms with E-state index in [9.17, 15) is 20.0 Å². The van der Waals surface area contributed by atoms with Gasteiger partial charge in [0.25, 0.3) is 0 Å². The molecule has 1 aliphatic heterocycles. The third-order valence-corrected chi connectivity index (χ3v) is 7.35. The van der Waals surface area contributed by atoms with Crippen molar-refractivity contribution in [3.8, 4) is 6.07 Å². The van der Waals surface area contributed by atoms with Crippen molar-refractivity contribution in [2.75, 3.05) is 6.61 Å². The van der Waals surface area contributed by atoms with Crippen molar-refractivity contribution in [1.29, 1.82) is 5.26 Å². The molecule has 0 unspecified atom stereocenters. The first-order valence-electron chi connectivity index (χ1n) is 11.7. The summed E-state index contributed by atoms with van der Waals surface area (Å²) in [4.78, 5) is 24.7. The lowest BCUT2D eigenvalue weighted by molar-refractivity contribution is -0.150. The molecule has 1 aliphatic rings. The van der Waals surface area contributed by atoms with Gasteiger partial charge >= 0.3 is 5.97 Å². The molecular weight excluding hydrogens is 549 g/mol. The Morgan fingerprint density at radius 3 is 2.18 bits per heavy atom. The van der Waals surface area contributed by atoms with Gasteiger partial charge in [-0.1, -0.05) is 71.2 Å². The van der Waals surface area contributed by atoms with Gasteiger partial charge in [0.05, 0.1) is 24.6 Å². The van der Waals surface area contributed by atoms with Crippen LogP contribution >= 0.6 is 34.8 Å². The van der Waals surface area contributed by atoms with Gasteiger partial charge in [0, 0.05) is 21.0 Å². The number of hydrogen-bond acceptors (Lipinski definition) is 6. The molecule has 1 amide bonds. The summed E-state index contributed by atoms with van der Waals surface area (Å²) >= 11 is 18.8. The lowest BCUT2D eigenvalue weighted by Crippen LogP contribution is -2.39. The third-order valence-electron chi connectivity index (χ3n) is 6.63. The smallest absolute Gasteiger partial charge is 0.323 e. The Bertz CT molecular complexity index is 1380. The van der Waals surface area contributed by atoms with Crippen LogP contribution < -0.4 is 11.1 Å². The molecule has 0 bridgehead atoms. The minimum Gasteiger partial charge on any atom is -0.462 e. The number of rotatable bonds is 8. The number of carbonyl (C=O) groups is 2. The molecule has 1 fully saturated rings. The van der Waals surface area contributed by atoms with Gasteiger partial charge < -0.3 is 15.6 Å². The second-order valence-electron chi connectivity index (χ2n) is 9.11. The van der Waals surface area contributed by atoms with Crippen LogP contribution in [0.5, 0.6) is 0 Å². The fourth-order valence-corrected chi connectivity index (χ4v) is 5.61. The maximum absolute atomic E-state index is 13.5. The summed E-state index contributed by atoms with van der Waals surface area (Å²) in [6.45, 7) is -0.440. The fourth-order valence-electron chi connectivity index (χ4n) is 5.08. The molecular formula is C28H24Cl3N3O4. The van der Waals surface area contributed by atoms with E-state index in [0.717, 1.165) is 0 Å². The SMILES string of the molecule is N#C[C@]1(c2ccc(Cl)cc2)[C@H](c2cccc(Cl)c2)N[C@@H](C(=O)OC[C@@H](O)CC(N)=O)[C@@H]1c1cccc(Cl)c1. The largest absolute Gasteiger partial charge is 0.462 e. The van der Waals surface area contributed by atoms with E-state index in [1.165, 1.54) is 0 Å². The molecule has 3 aromatic carbocycles. The molecule has 0 radical (unpaired) electrons. The summed E-state index contributed by atoms with van der Waals surface area (Å²) in [7, 11) is 0. The van der Waals surface area contributed by atoms with E-state index in [-0.39, 0.29) is 6.42 Å². The zero-order valence-corrected chi connectivity index (χ0v) is 22.3. The number of nitrogens with zero attached hydrogens (tertiary/aromatic N) is 1. The molecule has 4 N–H and O–H groups in total. The standard InChI is InChI=1S/C28H24Cl3N3O4/c29-19-9-7-18(8-10-19)28(15-32)24(16-3-1-5-20(30)11-16)25(27(37)38-14-22(35)13-23(33)36)34-26(28)17-4-2-6-21(31)12-17/h1-12,22,24-26,34-35H,13-14H2,(H2,33,36)/t22-,24-,25+,26-,28+/m0/s1. The van der Waals surface area contributed by atoms with E-state index in [2.05, 4.69) is 11.4 Å². The average molecular weight is 573 g/mol. The third kappa shape index (κ3) is 5.65. The van der Waals surface area contributed by atoms with Crippen LogP contribution in [0.2, 0.25) is 15.1 Å². The number of benzene rings is 3. The maximum atomic E-state index is 13.5. The highest BCUT2D eigenvalue weighted by molar-refractivity contribution is 6.31. The van der Waals surface area contributed by atoms with E-state index in [0.29, 0.717) is 31.8 Å². The number of amides is 1. The predicted octanol–water partition coefficient (Wildman–Crippen LogP) is 4.68. The molecule has 38 heavy (non-hydrogen) atoms. The zero-order valence-electron chi connectivity index (χ0n) is 20.0. The summed E-state index contributed by atoms with van der Waals surface area (Å²) in [6.07, 6.45) is -1.62. The molecule has 3 aromatic rings. The predicted molar refractivity (Wildman–Crippen MR) is 145 cm³/mol. The van der Waals surface area contributed by atoms with E-state index >= 15 is 0 Å². The first-order valence-corrected chi connectivity index (χ1v) is 12.9. The van der Waals surface area contributed by atoms with Crippen molar-refractivity contribution in [2.24, 2.45) is 5.73 Å². The lowest BCUT2D eigenvalue weighted by Gasteiger charge is -2.35. The fraction of sp³-hybridized carbons (Fsp3) is 0.250. The van der Waals surface area contributed by atoms with Crippen molar-refractivity contribution in [3.63, 3.8) is 0 Å². The highest BCUT2D eigenvalue weighted by Gasteiger charge is 2.60. The van der Waals surface area contributed by atoms with Gasteiger partial charge in [0.15, 0.2) is 0 Å². The number of ether oxygens (including phenoxy) is 1. The summed E-state index contributed by atoms with van der Waals surface area (Å²) in [6, 6.07) is 21.7. The first-order chi connectivity index (χ1) is 18.1. The van der Waals surface area contributed by atoms with E-state index < -0.39 is 48.0 Å². The van der Waals surface area contributed by atoms with Crippen LogP contribution in [0.1, 0.15) is 35.1 Å². The number of aliphatic hydroxyl groups is 1. The van der Waals surface area contributed by atoms with E-state index in [1.807, 2.05) is 6.07 Å². The minimum atomic E-state index is -1.34. The molecule has 5 atom stereocenters. The second-order valence-corrected chi connectivity index (χ2v) is 10.4. The Kier molecular flexibility index (Phi) is 8.61. The Morgan fingerprint density at radius 1 is 1.00 bits per heavy atom. The van der Waals surface area contributed by atoms with Crippen molar-refractivity contribution >= 4 is 46.7 Å². The number of nitrogens with one attached hydrogen (secondary N) is 1. The van der Waals surface area contributed by atoms with Crippen molar-refractivity contribution in [2.45, 2.75) is 35.9 Å². The summed E-state index contributed by atoms with van der Waals surface area (Å²) in [5, 5.41) is 25.7. The second kappa shape index (κ2) is 11.7. The first kappa shape index (κ1) is 27.9. The number of primary amides is 1. The zero-order chi connectivity index (χ0) is 27.4. The number of nitriles is 1. The topological polar surface area (TPSA) is 125 Å². The molecule has 4 rings (SSSR count). The molecule has 0 aromatic heterocycles. The summed E-state index contributed by atoms with van der Waals surface area (Å²) in [5.74, 6) is -2.22. The number of carbonyl (C=O) groups excluding carboxylic acids is 2.